The number of carbonyl (C=O) groups is 1. The zero-order chi connectivity index (χ0) is 17.6. The molecule has 140 valence electrons. The van der Waals surface area contributed by atoms with Crippen molar-refractivity contribution >= 4 is 35.8 Å². The number of aliphatic imine (C=N–C) groups is 1. The maximum Gasteiger partial charge on any atom is 0.573 e. The molecule has 0 radical (unpaired) electrons. The maximum absolute atomic E-state index is 12.1. The zero-order valence-electron chi connectivity index (χ0n) is 13.4. The fourth-order valence-corrected chi connectivity index (χ4v) is 2.27. The summed E-state index contributed by atoms with van der Waals surface area (Å²) >= 11 is 0. The topological polar surface area (TPSA) is 80.0 Å². The molecule has 1 aromatic rings. The van der Waals surface area contributed by atoms with E-state index in [9.17, 15) is 18.0 Å². The van der Waals surface area contributed by atoms with Gasteiger partial charge < -0.3 is 20.7 Å². The van der Waals surface area contributed by atoms with Crippen molar-refractivity contribution in [1.82, 2.24) is 10.2 Å². The van der Waals surface area contributed by atoms with Gasteiger partial charge in [0.05, 0.1) is 13.1 Å². The van der Waals surface area contributed by atoms with Gasteiger partial charge in [-0.3, -0.25) is 4.79 Å². The van der Waals surface area contributed by atoms with Gasteiger partial charge in [-0.05, 0) is 30.5 Å². The lowest BCUT2D eigenvalue weighted by Gasteiger charge is -2.15. The summed E-state index contributed by atoms with van der Waals surface area (Å²) in [5.74, 6) is -0.213. The standard InChI is InChI=1S/C15H19F3N4O2.HI/c16-15(17,18)24-12-5-3-11(4-6-12)9-20-14(19)21-10-13(23)22-7-1-2-8-22;/h3-6H,1-2,7-10H2,(H3,19,20,21);1H. The summed E-state index contributed by atoms with van der Waals surface area (Å²) in [5, 5.41) is 2.74. The molecule has 1 aromatic carbocycles. The van der Waals surface area contributed by atoms with E-state index in [-0.39, 0.29) is 54.7 Å². The summed E-state index contributed by atoms with van der Waals surface area (Å²) in [6.07, 6.45) is -2.68. The van der Waals surface area contributed by atoms with E-state index in [4.69, 9.17) is 5.73 Å². The van der Waals surface area contributed by atoms with Crippen LogP contribution in [0, 0.1) is 0 Å². The number of hydrogen-bond acceptors (Lipinski definition) is 3. The van der Waals surface area contributed by atoms with Crippen LogP contribution in [0.3, 0.4) is 0 Å². The van der Waals surface area contributed by atoms with E-state index < -0.39 is 6.36 Å². The Morgan fingerprint density at radius 3 is 2.40 bits per heavy atom. The molecule has 10 heteroatoms. The SMILES string of the molecule is I.NC(=NCc1ccc(OC(F)(F)F)cc1)NCC(=O)N1CCCC1. The van der Waals surface area contributed by atoms with Crippen LogP contribution in [-0.4, -0.2) is 42.8 Å². The van der Waals surface area contributed by atoms with Crippen molar-refractivity contribution in [2.75, 3.05) is 19.6 Å². The van der Waals surface area contributed by atoms with Crippen molar-refractivity contribution < 1.29 is 22.7 Å². The second kappa shape index (κ2) is 9.68. The zero-order valence-corrected chi connectivity index (χ0v) is 15.7. The number of nitrogens with two attached hydrogens (primary N) is 1. The van der Waals surface area contributed by atoms with Gasteiger partial charge in [0.1, 0.15) is 5.75 Å². The van der Waals surface area contributed by atoms with E-state index in [1.165, 1.54) is 24.3 Å². The highest BCUT2D eigenvalue weighted by molar-refractivity contribution is 14.0. The van der Waals surface area contributed by atoms with Crippen LogP contribution in [0.4, 0.5) is 13.2 Å². The third-order valence-corrected chi connectivity index (χ3v) is 3.47. The number of hydrogen-bond donors (Lipinski definition) is 2. The number of amides is 1. The van der Waals surface area contributed by atoms with Gasteiger partial charge in [0.2, 0.25) is 5.91 Å². The number of rotatable bonds is 5. The van der Waals surface area contributed by atoms with Crippen LogP contribution < -0.4 is 15.8 Å². The fourth-order valence-electron chi connectivity index (χ4n) is 2.27. The first-order valence-corrected chi connectivity index (χ1v) is 7.50. The summed E-state index contributed by atoms with van der Waals surface area (Å²) in [7, 11) is 0. The van der Waals surface area contributed by atoms with Gasteiger partial charge in [-0.25, -0.2) is 4.99 Å². The summed E-state index contributed by atoms with van der Waals surface area (Å²) in [4.78, 5) is 17.6. The molecule has 0 unspecified atom stereocenters. The first-order valence-electron chi connectivity index (χ1n) is 7.50. The van der Waals surface area contributed by atoms with Crippen LogP contribution in [0.15, 0.2) is 29.3 Å². The van der Waals surface area contributed by atoms with Gasteiger partial charge in [0.15, 0.2) is 5.96 Å². The predicted molar refractivity (Wildman–Crippen MR) is 97.7 cm³/mol. The molecule has 1 saturated heterocycles. The Hall–Kier alpha value is -1.72. The monoisotopic (exact) mass is 472 g/mol. The number of nitrogens with zero attached hydrogens (tertiary/aromatic N) is 2. The van der Waals surface area contributed by atoms with E-state index in [0.717, 1.165) is 25.9 Å². The molecule has 1 aliphatic heterocycles. The third-order valence-electron chi connectivity index (χ3n) is 3.47. The number of guanidine groups is 1. The highest BCUT2D eigenvalue weighted by Crippen LogP contribution is 2.22. The minimum Gasteiger partial charge on any atom is -0.406 e. The van der Waals surface area contributed by atoms with Gasteiger partial charge in [0, 0.05) is 13.1 Å². The van der Waals surface area contributed by atoms with Crippen molar-refractivity contribution in [2.45, 2.75) is 25.7 Å². The van der Waals surface area contributed by atoms with Gasteiger partial charge >= 0.3 is 6.36 Å². The van der Waals surface area contributed by atoms with Crippen LogP contribution >= 0.6 is 24.0 Å². The van der Waals surface area contributed by atoms with Crippen LogP contribution in [-0.2, 0) is 11.3 Å². The van der Waals surface area contributed by atoms with Crippen molar-refractivity contribution in [3.63, 3.8) is 0 Å². The summed E-state index contributed by atoms with van der Waals surface area (Å²) in [6, 6.07) is 5.35. The van der Waals surface area contributed by atoms with Gasteiger partial charge in [-0.15, -0.1) is 37.1 Å². The molecule has 0 aromatic heterocycles. The molecule has 0 atom stereocenters. The van der Waals surface area contributed by atoms with Crippen molar-refractivity contribution in [3.05, 3.63) is 29.8 Å². The molecule has 1 heterocycles. The highest BCUT2D eigenvalue weighted by Gasteiger charge is 2.30. The molecule has 0 saturated carbocycles. The van der Waals surface area contributed by atoms with Crippen LogP contribution in [0.2, 0.25) is 0 Å². The Balaban J connectivity index is 0.00000312. The second-order valence-corrected chi connectivity index (χ2v) is 5.33. The molecule has 1 amide bonds. The molecular formula is C15H20F3IN4O2. The van der Waals surface area contributed by atoms with Crippen molar-refractivity contribution in [3.8, 4) is 5.75 Å². The van der Waals surface area contributed by atoms with Crippen LogP contribution in [0.5, 0.6) is 5.75 Å². The summed E-state index contributed by atoms with van der Waals surface area (Å²) in [6.45, 7) is 1.80. The number of nitrogens with one attached hydrogen (secondary N) is 1. The molecule has 6 nitrogen and oxygen atoms in total. The van der Waals surface area contributed by atoms with Gasteiger partial charge in [-0.1, -0.05) is 12.1 Å². The van der Waals surface area contributed by atoms with Crippen LogP contribution in [0.1, 0.15) is 18.4 Å². The highest BCUT2D eigenvalue weighted by atomic mass is 127. The normalized spacial score (nSPS) is 14.8. The van der Waals surface area contributed by atoms with E-state index in [2.05, 4.69) is 15.0 Å². The first-order chi connectivity index (χ1) is 11.3. The largest absolute Gasteiger partial charge is 0.573 e. The average Bonchev–Trinajstić information content (AvgIpc) is 3.05. The number of halogens is 4. The first kappa shape index (κ1) is 21.3. The minimum atomic E-state index is -4.71. The van der Waals surface area contributed by atoms with E-state index in [1.807, 2.05) is 0 Å². The lowest BCUT2D eigenvalue weighted by molar-refractivity contribution is -0.274. The quantitative estimate of drug-likeness (QED) is 0.392. The lowest BCUT2D eigenvalue weighted by atomic mass is 10.2. The van der Waals surface area contributed by atoms with Crippen LogP contribution in [0.25, 0.3) is 0 Å². The molecule has 0 aliphatic carbocycles. The number of ether oxygens (including phenoxy) is 1. The average molecular weight is 472 g/mol. The minimum absolute atomic E-state index is 0. The molecule has 1 aliphatic rings. The van der Waals surface area contributed by atoms with E-state index >= 15 is 0 Å². The molecule has 3 N–H and O–H groups in total. The van der Waals surface area contributed by atoms with Gasteiger partial charge in [-0.2, -0.15) is 0 Å². The van der Waals surface area contributed by atoms with Crippen molar-refractivity contribution in [2.24, 2.45) is 10.7 Å². The molecule has 0 spiro atoms. The second-order valence-electron chi connectivity index (χ2n) is 5.33. The smallest absolute Gasteiger partial charge is 0.406 e. The van der Waals surface area contributed by atoms with Crippen molar-refractivity contribution in [1.29, 1.82) is 0 Å². The predicted octanol–water partition coefficient (Wildman–Crippen LogP) is 2.23. The van der Waals surface area contributed by atoms with Gasteiger partial charge in [0.25, 0.3) is 0 Å². The Labute approximate surface area is 160 Å². The summed E-state index contributed by atoms with van der Waals surface area (Å²) < 4.78 is 40.0. The Morgan fingerprint density at radius 2 is 1.84 bits per heavy atom. The Bertz CT molecular complexity index is 587. The summed E-state index contributed by atoms with van der Waals surface area (Å²) in [5.41, 5.74) is 6.34. The molecule has 1 fully saturated rings. The Morgan fingerprint density at radius 1 is 1.24 bits per heavy atom. The lowest BCUT2D eigenvalue weighted by Crippen LogP contribution is -2.41. The fraction of sp³-hybridized carbons (Fsp3) is 0.467. The maximum atomic E-state index is 12.1. The number of benzene rings is 1. The van der Waals surface area contributed by atoms with E-state index in [0.29, 0.717) is 5.56 Å². The molecule has 2 rings (SSSR count). The molecular weight excluding hydrogens is 452 g/mol. The number of alkyl halides is 3. The Kier molecular flexibility index (Phi) is 8.26. The van der Waals surface area contributed by atoms with E-state index in [1.54, 1.807) is 4.90 Å². The number of likely N-dealkylation sites (tertiary alicyclic amines) is 1. The molecule has 0 bridgehead atoms. The number of carbonyl (C=O) groups excluding carboxylic acids is 1. The third kappa shape index (κ3) is 7.80. The molecule has 25 heavy (non-hydrogen) atoms.